The number of nitrogens with zero attached hydrogens (tertiary/aromatic N) is 2. The van der Waals surface area contributed by atoms with Gasteiger partial charge in [0.1, 0.15) is 11.8 Å². The largest absolute Gasteiger partial charge is 0.325 e. The monoisotopic (exact) mass is 609 g/mol. The third-order valence-corrected chi connectivity index (χ3v) is 10.5. The van der Waals surface area contributed by atoms with Crippen LogP contribution in [-0.2, 0) is 20.9 Å². The van der Waals surface area contributed by atoms with Gasteiger partial charge < -0.3 is 5.32 Å². The van der Waals surface area contributed by atoms with Gasteiger partial charge in [0, 0.05) is 16.5 Å². The molecule has 4 aromatic rings. The zero-order valence-corrected chi connectivity index (χ0v) is 24.1. The molecule has 0 saturated carbocycles. The van der Waals surface area contributed by atoms with Gasteiger partial charge in [0.2, 0.25) is 17.7 Å². The molecule has 0 spiro atoms. The van der Waals surface area contributed by atoms with Gasteiger partial charge in [-0.25, -0.2) is 4.90 Å². The highest BCUT2D eigenvalue weighted by Crippen LogP contribution is 2.55. The summed E-state index contributed by atoms with van der Waals surface area (Å²) >= 11 is 15.1. The first kappa shape index (κ1) is 26.8. The molecule has 0 unspecified atom stereocenters. The Morgan fingerprint density at radius 2 is 1.65 bits per heavy atom. The van der Waals surface area contributed by atoms with Crippen molar-refractivity contribution in [3.8, 4) is 0 Å². The maximum absolute atomic E-state index is 14.0. The Hall–Kier alpha value is -3.37. The van der Waals surface area contributed by atoms with Crippen LogP contribution in [0.15, 0.2) is 82.6 Å². The van der Waals surface area contributed by atoms with Crippen molar-refractivity contribution in [1.29, 1.82) is 0 Å². The molecule has 202 valence electrons. The summed E-state index contributed by atoms with van der Waals surface area (Å²) in [6.45, 7) is 1.68. The summed E-state index contributed by atoms with van der Waals surface area (Å²) in [5.41, 5.74) is 2.64. The van der Waals surface area contributed by atoms with E-state index in [0.717, 1.165) is 28.7 Å². The molecule has 0 bridgehead atoms. The number of halogens is 2. The summed E-state index contributed by atoms with van der Waals surface area (Å²) in [6, 6.07) is 21.2. The summed E-state index contributed by atoms with van der Waals surface area (Å²) in [4.78, 5) is 55.4. The van der Waals surface area contributed by atoms with Crippen LogP contribution < -0.4 is 15.1 Å². The number of hydrogen-bond acceptors (Lipinski definition) is 6. The number of anilines is 2. The maximum atomic E-state index is 14.0. The highest BCUT2D eigenvalue weighted by molar-refractivity contribution is 8.00. The SMILES string of the molecule is Cc1ccc(N2C(=O)[C@H]3[C@H](c4cccc(Cl)c4Cl)c4sc(=O)n(CC(=O)Nc5ccccc5)c4S[C@H]3C2=O)cc1. The maximum Gasteiger partial charge on any atom is 0.308 e. The number of carbonyl (C=O) groups is 3. The molecule has 1 saturated heterocycles. The van der Waals surface area contributed by atoms with Gasteiger partial charge in [-0.05, 0) is 42.8 Å². The summed E-state index contributed by atoms with van der Waals surface area (Å²) in [7, 11) is 0. The third kappa shape index (κ3) is 4.56. The minimum absolute atomic E-state index is 0.246. The molecule has 3 heterocycles. The zero-order chi connectivity index (χ0) is 28.1. The van der Waals surface area contributed by atoms with E-state index >= 15 is 0 Å². The van der Waals surface area contributed by atoms with Crippen molar-refractivity contribution in [2.75, 3.05) is 10.2 Å². The first-order valence-corrected chi connectivity index (χ1v) is 14.8. The number of thioether (sulfide) groups is 1. The van der Waals surface area contributed by atoms with E-state index in [1.54, 1.807) is 54.6 Å². The molecule has 1 fully saturated rings. The molecule has 40 heavy (non-hydrogen) atoms. The molecular formula is C29H21Cl2N3O4S2. The number of imide groups is 1. The number of thiazole rings is 1. The van der Waals surface area contributed by atoms with E-state index in [1.807, 2.05) is 25.1 Å². The number of aryl methyl sites for hydroxylation is 1. The van der Waals surface area contributed by atoms with E-state index in [0.29, 0.717) is 31.9 Å². The van der Waals surface area contributed by atoms with Crippen molar-refractivity contribution in [2.24, 2.45) is 5.92 Å². The smallest absolute Gasteiger partial charge is 0.308 e. The fourth-order valence-corrected chi connectivity index (χ4v) is 8.35. The molecule has 1 N–H and O–H groups in total. The average molecular weight is 611 g/mol. The second-order valence-corrected chi connectivity index (χ2v) is 12.5. The van der Waals surface area contributed by atoms with Gasteiger partial charge in [0.15, 0.2) is 0 Å². The summed E-state index contributed by atoms with van der Waals surface area (Å²) in [5, 5.41) is 3.02. The number of carbonyl (C=O) groups excluding carboxylic acids is 3. The Morgan fingerprint density at radius 1 is 0.925 bits per heavy atom. The number of aromatic nitrogens is 1. The van der Waals surface area contributed by atoms with Gasteiger partial charge in [-0.15, -0.1) is 0 Å². The summed E-state index contributed by atoms with van der Waals surface area (Å²) in [5.74, 6) is -2.64. The molecule has 11 heteroatoms. The van der Waals surface area contributed by atoms with Crippen LogP contribution in [0.3, 0.4) is 0 Å². The number of para-hydroxylation sites is 1. The molecule has 0 aliphatic carbocycles. The second-order valence-electron chi connectivity index (χ2n) is 9.57. The van der Waals surface area contributed by atoms with E-state index in [2.05, 4.69) is 5.32 Å². The molecular weight excluding hydrogens is 589 g/mol. The third-order valence-electron chi connectivity index (χ3n) is 7.02. The van der Waals surface area contributed by atoms with E-state index in [4.69, 9.17) is 23.2 Å². The van der Waals surface area contributed by atoms with Crippen LogP contribution in [0, 0.1) is 12.8 Å². The molecule has 2 aliphatic heterocycles. The van der Waals surface area contributed by atoms with Crippen LogP contribution in [-0.4, -0.2) is 27.5 Å². The number of fused-ring (bicyclic) bond motifs is 2. The van der Waals surface area contributed by atoms with E-state index in [1.165, 1.54) is 9.47 Å². The predicted molar refractivity (Wildman–Crippen MR) is 159 cm³/mol. The first-order chi connectivity index (χ1) is 19.2. The highest BCUT2D eigenvalue weighted by Gasteiger charge is 2.57. The van der Waals surface area contributed by atoms with Crippen LogP contribution in [0.4, 0.5) is 11.4 Å². The molecule has 3 aromatic carbocycles. The van der Waals surface area contributed by atoms with E-state index < -0.39 is 17.1 Å². The van der Waals surface area contributed by atoms with Crippen LogP contribution >= 0.6 is 46.3 Å². The van der Waals surface area contributed by atoms with Crippen LogP contribution in [0.2, 0.25) is 10.0 Å². The number of benzene rings is 3. The van der Waals surface area contributed by atoms with Gasteiger partial charge in [-0.3, -0.25) is 23.7 Å². The normalized spacial score (nSPS) is 19.9. The Bertz CT molecular complexity index is 1720. The van der Waals surface area contributed by atoms with Crippen LogP contribution in [0.25, 0.3) is 0 Å². The van der Waals surface area contributed by atoms with Crippen molar-refractivity contribution in [1.82, 2.24) is 4.57 Å². The number of hydrogen-bond donors (Lipinski definition) is 1. The van der Waals surface area contributed by atoms with Crippen LogP contribution in [0.1, 0.15) is 21.9 Å². The van der Waals surface area contributed by atoms with Gasteiger partial charge in [0.25, 0.3) is 0 Å². The van der Waals surface area contributed by atoms with Gasteiger partial charge in [-0.1, -0.05) is 94.3 Å². The van der Waals surface area contributed by atoms with Gasteiger partial charge in [-0.2, -0.15) is 0 Å². The lowest BCUT2D eigenvalue weighted by Crippen LogP contribution is -2.33. The predicted octanol–water partition coefficient (Wildman–Crippen LogP) is 5.96. The summed E-state index contributed by atoms with van der Waals surface area (Å²) < 4.78 is 1.37. The standard InChI is InChI=1S/C29H21Cl2N3O4S2/c1-15-10-12-17(13-11-15)34-26(36)22-21(18-8-5-9-19(30)23(18)31)25-28(39-24(22)27(34)37)33(29(38)40-25)14-20(35)32-16-6-3-2-4-7-16/h2-13,21-22,24H,14H2,1H3,(H,32,35)/t21-,22-,24+/m0/s1. The number of rotatable bonds is 5. The molecule has 0 radical (unpaired) electrons. The quantitative estimate of drug-likeness (QED) is 0.282. The molecule has 7 nitrogen and oxygen atoms in total. The van der Waals surface area contributed by atoms with Crippen molar-refractivity contribution < 1.29 is 14.4 Å². The lowest BCUT2D eigenvalue weighted by atomic mass is 9.83. The average Bonchev–Trinajstić information content (AvgIpc) is 3.38. The van der Waals surface area contributed by atoms with Crippen molar-refractivity contribution in [2.45, 2.75) is 29.7 Å². The summed E-state index contributed by atoms with van der Waals surface area (Å²) in [6.07, 6.45) is 0. The minimum atomic E-state index is -0.821. The van der Waals surface area contributed by atoms with E-state index in [9.17, 15) is 19.2 Å². The fourth-order valence-electron chi connectivity index (χ4n) is 5.17. The fraction of sp³-hybridized carbons (Fsp3) is 0.172. The van der Waals surface area contributed by atoms with Crippen LogP contribution in [0.5, 0.6) is 0 Å². The lowest BCUT2D eigenvalue weighted by Gasteiger charge is -2.31. The van der Waals surface area contributed by atoms with Crippen molar-refractivity contribution >= 4 is 75.4 Å². The Labute approximate surface area is 247 Å². The Kier molecular flexibility index (Phi) is 7.08. The minimum Gasteiger partial charge on any atom is -0.325 e. The van der Waals surface area contributed by atoms with E-state index in [-0.39, 0.29) is 34.2 Å². The Balaban J connectivity index is 1.45. The topological polar surface area (TPSA) is 88.5 Å². The zero-order valence-electron chi connectivity index (χ0n) is 21.0. The molecule has 3 amide bonds. The second kappa shape index (κ2) is 10.6. The lowest BCUT2D eigenvalue weighted by molar-refractivity contribution is -0.122. The molecule has 6 rings (SSSR count). The van der Waals surface area contributed by atoms with Gasteiger partial charge >= 0.3 is 4.87 Å². The molecule has 2 aliphatic rings. The number of amides is 3. The highest BCUT2D eigenvalue weighted by atomic mass is 35.5. The first-order valence-electron chi connectivity index (χ1n) is 12.4. The van der Waals surface area contributed by atoms with Gasteiger partial charge in [0.05, 0.1) is 26.7 Å². The van der Waals surface area contributed by atoms with Crippen molar-refractivity contribution in [3.63, 3.8) is 0 Å². The Morgan fingerprint density at radius 3 is 2.38 bits per heavy atom. The molecule has 1 aromatic heterocycles. The van der Waals surface area contributed by atoms with Crippen molar-refractivity contribution in [3.05, 3.63) is 109 Å². The molecule has 3 atom stereocenters. The number of nitrogens with one attached hydrogen (secondary N) is 1.